The fourth-order valence-corrected chi connectivity index (χ4v) is 4.06. The maximum Gasteiger partial charge on any atom is 0.294 e. The molecule has 4 rings (SSSR count). The summed E-state index contributed by atoms with van der Waals surface area (Å²) in [5.74, 6) is 0.102. The molecule has 0 aliphatic heterocycles. The molecule has 1 heterocycles. The molecular formula is C27H28N4O2. The lowest BCUT2D eigenvalue weighted by Crippen LogP contribution is -2.17. The Bertz CT molecular complexity index is 1330. The van der Waals surface area contributed by atoms with Crippen LogP contribution in [0.5, 0.6) is 5.75 Å². The van der Waals surface area contributed by atoms with Crippen LogP contribution in [0.25, 0.3) is 0 Å². The Labute approximate surface area is 193 Å². The monoisotopic (exact) mass is 440 g/mol. The summed E-state index contributed by atoms with van der Waals surface area (Å²) in [5.41, 5.74) is 6.59. The Morgan fingerprint density at radius 2 is 1.55 bits per heavy atom. The molecule has 3 aromatic carbocycles. The number of aromatic amines is 1. The quantitative estimate of drug-likeness (QED) is 0.343. The van der Waals surface area contributed by atoms with Gasteiger partial charge in [0.25, 0.3) is 5.56 Å². The van der Waals surface area contributed by atoms with Gasteiger partial charge >= 0.3 is 0 Å². The summed E-state index contributed by atoms with van der Waals surface area (Å²) in [4.78, 5) is 12.8. The summed E-state index contributed by atoms with van der Waals surface area (Å²) in [7, 11) is 0. The molecule has 168 valence electrons. The zero-order chi connectivity index (χ0) is 23.4. The van der Waals surface area contributed by atoms with Gasteiger partial charge in [0, 0.05) is 0 Å². The van der Waals surface area contributed by atoms with Gasteiger partial charge in [-0.1, -0.05) is 60.7 Å². The van der Waals surface area contributed by atoms with Gasteiger partial charge in [0.05, 0.1) is 12.2 Å². The van der Waals surface area contributed by atoms with E-state index in [-0.39, 0.29) is 17.0 Å². The molecule has 0 amide bonds. The highest BCUT2D eigenvalue weighted by Gasteiger charge is 2.13. The van der Waals surface area contributed by atoms with Crippen LogP contribution >= 0.6 is 0 Å². The van der Waals surface area contributed by atoms with Crippen molar-refractivity contribution in [2.45, 2.75) is 40.2 Å². The van der Waals surface area contributed by atoms with E-state index in [0.717, 1.165) is 17.5 Å². The van der Waals surface area contributed by atoms with E-state index in [9.17, 15) is 9.90 Å². The molecule has 0 aliphatic rings. The Kier molecular flexibility index (Phi) is 6.54. The van der Waals surface area contributed by atoms with E-state index in [1.807, 2.05) is 42.5 Å². The van der Waals surface area contributed by atoms with Gasteiger partial charge < -0.3 is 5.11 Å². The zero-order valence-electron chi connectivity index (χ0n) is 19.2. The first-order chi connectivity index (χ1) is 15.9. The highest BCUT2D eigenvalue weighted by molar-refractivity contribution is 5.55. The molecule has 6 nitrogen and oxygen atoms in total. The minimum atomic E-state index is -0.245. The second-order valence-corrected chi connectivity index (χ2v) is 8.32. The normalized spacial score (nSPS) is 11.4. The summed E-state index contributed by atoms with van der Waals surface area (Å²) in [6, 6.07) is 21.5. The molecule has 0 atom stereocenters. The van der Waals surface area contributed by atoms with Crippen LogP contribution in [0.2, 0.25) is 0 Å². The number of phenols is 1. The number of hydrogen-bond donors (Lipinski definition) is 2. The molecule has 2 N–H and O–H groups in total. The van der Waals surface area contributed by atoms with Crippen molar-refractivity contribution in [1.82, 2.24) is 9.78 Å². The van der Waals surface area contributed by atoms with E-state index in [0.29, 0.717) is 24.3 Å². The number of azo groups is 1. The second kappa shape index (κ2) is 9.69. The van der Waals surface area contributed by atoms with Gasteiger partial charge in [0.15, 0.2) is 5.69 Å². The van der Waals surface area contributed by atoms with Crippen molar-refractivity contribution in [3.8, 4) is 5.75 Å². The van der Waals surface area contributed by atoms with Gasteiger partial charge in [0.1, 0.15) is 11.4 Å². The van der Waals surface area contributed by atoms with E-state index in [1.54, 1.807) is 13.0 Å². The maximum absolute atomic E-state index is 12.8. The minimum absolute atomic E-state index is 0.102. The first-order valence-electron chi connectivity index (χ1n) is 11.0. The number of hydrogen-bond acceptors (Lipinski definition) is 4. The fraction of sp³-hybridized carbons (Fsp3) is 0.222. The Hall–Kier alpha value is -3.93. The van der Waals surface area contributed by atoms with E-state index in [2.05, 4.69) is 47.4 Å². The second-order valence-electron chi connectivity index (χ2n) is 8.32. The van der Waals surface area contributed by atoms with Gasteiger partial charge in [-0.2, -0.15) is 0 Å². The van der Waals surface area contributed by atoms with Crippen molar-refractivity contribution >= 4 is 11.4 Å². The van der Waals surface area contributed by atoms with Crippen molar-refractivity contribution < 1.29 is 5.11 Å². The van der Waals surface area contributed by atoms with Gasteiger partial charge in [0.2, 0.25) is 0 Å². The van der Waals surface area contributed by atoms with Crippen molar-refractivity contribution in [1.29, 1.82) is 0 Å². The molecule has 0 unspecified atom stereocenters. The van der Waals surface area contributed by atoms with E-state index in [4.69, 9.17) is 0 Å². The highest BCUT2D eigenvalue weighted by atomic mass is 16.3. The summed E-state index contributed by atoms with van der Waals surface area (Å²) < 4.78 is 1.51. The highest BCUT2D eigenvalue weighted by Crippen LogP contribution is 2.32. The molecule has 33 heavy (non-hydrogen) atoms. The van der Waals surface area contributed by atoms with Crippen LogP contribution in [-0.4, -0.2) is 14.9 Å². The molecule has 1 aromatic heterocycles. The number of aromatic hydroxyl groups is 1. The number of H-pyrrole nitrogens is 1. The number of aryl methyl sites for hydroxylation is 4. The van der Waals surface area contributed by atoms with E-state index < -0.39 is 0 Å². The van der Waals surface area contributed by atoms with Crippen LogP contribution in [0.4, 0.5) is 11.4 Å². The molecule has 0 aliphatic carbocycles. The van der Waals surface area contributed by atoms with Crippen LogP contribution < -0.4 is 5.56 Å². The molecule has 0 bridgehead atoms. The lowest BCUT2D eigenvalue weighted by Gasteiger charge is -2.11. The fourth-order valence-electron chi connectivity index (χ4n) is 4.06. The standard InChI is InChI=1S/C27H28N4O2/c1-18-9-7-10-19(2)23(18)16-15-22-13-8-14-24(26(22)32)28-29-25-20(3)30-31(27(25)33)17-21-11-5-4-6-12-21/h4-14,30,32H,15-17H2,1-3H3. The largest absolute Gasteiger partial charge is 0.505 e. The average Bonchev–Trinajstić information content (AvgIpc) is 3.06. The lowest BCUT2D eigenvalue weighted by molar-refractivity contribution is 0.469. The smallest absolute Gasteiger partial charge is 0.294 e. The van der Waals surface area contributed by atoms with Crippen molar-refractivity contribution in [3.63, 3.8) is 0 Å². The Morgan fingerprint density at radius 3 is 2.27 bits per heavy atom. The van der Waals surface area contributed by atoms with Crippen LogP contribution in [0.15, 0.2) is 81.8 Å². The molecule has 4 aromatic rings. The summed E-state index contributed by atoms with van der Waals surface area (Å²) in [6.07, 6.45) is 1.52. The van der Waals surface area contributed by atoms with Crippen LogP contribution in [-0.2, 0) is 19.4 Å². The van der Waals surface area contributed by atoms with Gasteiger partial charge in [-0.3, -0.25) is 9.89 Å². The van der Waals surface area contributed by atoms with Crippen molar-refractivity contribution in [2.75, 3.05) is 0 Å². The van der Waals surface area contributed by atoms with Gasteiger partial charge in [-0.15, -0.1) is 10.2 Å². The Morgan fingerprint density at radius 1 is 0.848 bits per heavy atom. The lowest BCUT2D eigenvalue weighted by atomic mass is 9.96. The molecule has 0 saturated heterocycles. The molecule has 0 spiro atoms. The third kappa shape index (κ3) is 4.95. The van der Waals surface area contributed by atoms with E-state index in [1.165, 1.54) is 21.4 Å². The van der Waals surface area contributed by atoms with Crippen LogP contribution in [0.3, 0.4) is 0 Å². The summed E-state index contributed by atoms with van der Waals surface area (Å²) in [5, 5.41) is 22.2. The molecule has 0 saturated carbocycles. The predicted molar refractivity (Wildman–Crippen MR) is 131 cm³/mol. The average molecular weight is 441 g/mol. The number of nitrogens with zero attached hydrogens (tertiary/aromatic N) is 3. The Balaban J connectivity index is 1.54. The summed E-state index contributed by atoms with van der Waals surface area (Å²) >= 11 is 0. The van der Waals surface area contributed by atoms with Gasteiger partial charge in [-0.25, -0.2) is 4.68 Å². The van der Waals surface area contributed by atoms with Crippen molar-refractivity contribution in [2.24, 2.45) is 10.2 Å². The van der Waals surface area contributed by atoms with Crippen LogP contribution in [0, 0.1) is 20.8 Å². The number of para-hydroxylation sites is 1. The number of nitrogens with one attached hydrogen (secondary N) is 1. The van der Waals surface area contributed by atoms with Gasteiger partial charge in [-0.05, 0) is 67.5 Å². The van der Waals surface area contributed by atoms with E-state index >= 15 is 0 Å². The molecule has 0 fully saturated rings. The first-order valence-corrected chi connectivity index (χ1v) is 11.0. The van der Waals surface area contributed by atoms with Crippen molar-refractivity contribution in [3.05, 3.63) is 111 Å². The summed E-state index contributed by atoms with van der Waals surface area (Å²) in [6.45, 7) is 6.43. The first kappa shape index (κ1) is 22.3. The SMILES string of the molecule is Cc1cccc(C)c1CCc1cccc(N=Nc2c(C)[nH]n(Cc3ccccc3)c2=O)c1O. The number of benzene rings is 3. The molecule has 0 radical (unpaired) electrons. The molecular weight excluding hydrogens is 412 g/mol. The maximum atomic E-state index is 12.8. The topological polar surface area (TPSA) is 82.7 Å². The number of aromatic nitrogens is 2. The third-order valence-corrected chi connectivity index (χ3v) is 5.93. The third-order valence-electron chi connectivity index (χ3n) is 5.93. The number of rotatable bonds is 7. The number of phenolic OH excluding ortho intramolecular Hbond substituents is 1. The minimum Gasteiger partial charge on any atom is -0.505 e. The van der Waals surface area contributed by atoms with Crippen LogP contribution in [0.1, 0.15) is 33.5 Å². The molecule has 6 heteroatoms. The zero-order valence-corrected chi connectivity index (χ0v) is 19.2. The predicted octanol–water partition coefficient (Wildman–Crippen LogP) is 6.06.